The van der Waals surface area contributed by atoms with Crippen molar-refractivity contribution < 1.29 is 23.9 Å². The standard InChI is InChI=1S/C23H24N2O5/c1-3-15(2)16-7-9-18(10-8-16)24-20(26)14-30-23(29)17-5-4-6-19(13-17)25-21(27)11-12-22(25)28/h4-10,13,15H,3,11-12,14H2,1-2H3,(H,24,26)/t15-/m0/s1. The fraction of sp³-hybridized carbons (Fsp3) is 0.304. The van der Waals surface area contributed by atoms with Gasteiger partial charge >= 0.3 is 5.97 Å². The van der Waals surface area contributed by atoms with Crippen LogP contribution in [0.3, 0.4) is 0 Å². The van der Waals surface area contributed by atoms with Gasteiger partial charge in [-0.25, -0.2) is 4.79 Å². The summed E-state index contributed by atoms with van der Waals surface area (Å²) >= 11 is 0. The monoisotopic (exact) mass is 408 g/mol. The third-order valence-corrected chi connectivity index (χ3v) is 5.10. The molecule has 1 fully saturated rings. The van der Waals surface area contributed by atoms with Gasteiger partial charge in [0.05, 0.1) is 11.3 Å². The molecule has 156 valence electrons. The average molecular weight is 408 g/mol. The van der Waals surface area contributed by atoms with Gasteiger partial charge in [-0.05, 0) is 48.2 Å². The van der Waals surface area contributed by atoms with E-state index < -0.39 is 18.5 Å². The highest BCUT2D eigenvalue weighted by atomic mass is 16.5. The van der Waals surface area contributed by atoms with E-state index in [1.54, 1.807) is 12.1 Å². The molecule has 1 atom stereocenters. The van der Waals surface area contributed by atoms with Crippen LogP contribution >= 0.6 is 0 Å². The number of hydrogen-bond acceptors (Lipinski definition) is 5. The van der Waals surface area contributed by atoms with Crippen LogP contribution in [-0.2, 0) is 19.1 Å². The van der Waals surface area contributed by atoms with Gasteiger partial charge in [-0.3, -0.25) is 19.3 Å². The summed E-state index contributed by atoms with van der Waals surface area (Å²) in [6, 6.07) is 13.6. The second-order valence-electron chi connectivity index (χ2n) is 7.23. The Bertz CT molecular complexity index is 952. The van der Waals surface area contributed by atoms with Crippen LogP contribution in [0.25, 0.3) is 0 Å². The first-order valence-electron chi connectivity index (χ1n) is 9.91. The second kappa shape index (κ2) is 9.35. The summed E-state index contributed by atoms with van der Waals surface area (Å²) in [6.07, 6.45) is 1.35. The predicted molar refractivity (Wildman–Crippen MR) is 112 cm³/mol. The first kappa shape index (κ1) is 21.2. The SMILES string of the molecule is CC[C@H](C)c1ccc(NC(=O)COC(=O)c2cccc(N3C(=O)CCC3=O)c2)cc1. The Labute approximate surface area is 175 Å². The van der Waals surface area contributed by atoms with Crippen LogP contribution < -0.4 is 10.2 Å². The van der Waals surface area contributed by atoms with Crippen LogP contribution in [0, 0.1) is 0 Å². The van der Waals surface area contributed by atoms with Gasteiger partial charge in [0, 0.05) is 18.5 Å². The third kappa shape index (κ3) is 4.92. The molecule has 1 heterocycles. The third-order valence-electron chi connectivity index (χ3n) is 5.10. The van der Waals surface area contributed by atoms with E-state index in [2.05, 4.69) is 19.2 Å². The van der Waals surface area contributed by atoms with Crippen molar-refractivity contribution in [3.63, 3.8) is 0 Å². The molecule has 0 radical (unpaired) electrons. The summed E-state index contributed by atoms with van der Waals surface area (Å²) in [5.74, 6) is -1.33. The number of nitrogens with one attached hydrogen (secondary N) is 1. The van der Waals surface area contributed by atoms with Gasteiger partial charge in [0.15, 0.2) is 6.61 Å². The fourth-order valence-electron chi connectivity index (χ4n) is 3.18. The zero-order valence-electron chi connectivity index (χ0n) is 17.0. The Morgan fingerprint density at radius 2 is 1.73 bits per heavy atom. The summed E-state index contributed by atoms with van der Waals surface area (Å²) in [5.41, 5.74) is 2.29. The molecule has 1 aliphatic rings. The van der Waals surface area contributed by atoms with Crippen LogP contribution in [0.4, 0.5) is 11.4 Å². The Morgan fingerprint density at radius 1 is 1.07 bits per heavy atom. The van der Waals surface area contributed by atoms with Gasteiger partial charge in [0.1, 0.15) is 0 Å². The molecular formula is C23H24N2O5. The molecule has 7 heteroatoms. The summed E-state index contributed by atoms with van der Waals surface area (Å²) in [6.45, 7) is 3.81. The van der Waals surface area contributed by atoms with Gasteiger partial charge in [-0.2, -0.15) is 0 Å². The normalized spacial score (nSPS) is 14.5. The minimum Gasteiger partial charge on any atom is -0.452 e. The zero-order chi connectivity index (χ0) is 21.7. The van der Waals surface area contributed by atoms with E-state index >= 15 is 0 Å². The minimum absolute atomic E-state index is 0.158. The number of hydrogen-bond donors (Lipinski definition) is 1. The number of imide groups is 1. The number of amides is 3. The van der Waals surface area contributed by atoms with Crippen molar-refractivity contribution in [1.82, 2.24) is 0 Å². The number of carbonyl (C=O) groups is 4. The van der Waals surface area contributed by atoms with Crippen LogP contribution in [0.5, 0.6) is 0 Å². The number of anilines is 2. The molecule has 0 saturated carbocycles. The van der Waals surface area contributed by atoms with E-state index in [0.717, 1.165) is 11.3 Å². The van der Waals surface area contributed by atoms with Crippen LogP contribution in [0.15, 0.2) is 48.5 Å². The van der Waals surface area contributed by atoms with E-state index in [9.17, 15) is 19.2 Å². The molecule has 0 aliphatic carbocycles. The number of esters is 1. The Balaban J connectivity index is 1.56. The van der Waals surface area contributed by atoms with Crippen molar-refractivity contribution in [1.29, 1.82) is 0 Å². The largest absolute Gasteiger partial charge is 0.452 e. The number of ether oxygens (including phenoxy) is 1. The summed E-state index contributed by atoms with van der Waals surface area (Å²) < 4.78 is 5.07. The highest BCUT2D eigenvalue weighted by Gasteiger charge is 2.30. The van der Waals surface area contributed by atoms with Gasteiger partial charge in [-0.15, -0.1) is 0 Å². The predicted octanol–water partition coefficient (Wildman–Crippen LogP) is 3.65. The first-order chi connectivity index (χ1) is 14.4. The molecule has 0 spiro atoms. The molecule has 3 amide bonds. The lowest BCUT2D eigenvalue weighted by molar-refractivity contribution is -0.121. The number of nitrogens with zero attached hydrogens (tertiary/aromatic N) is 1. The van der Waals surface area contributed by atoms with E-state index in [0.29, 0.717) is 17.3 Å². The first-order valence-corrected chi connectivity index (χ1v) is 9.91. The molecule has 0 aromatic heterocycles. The van der Waals surface area contributed by atoms with Crippen molar-refractivity contribution in [3.8, 4) is 0 Å². The highest BCUT2D eigenvalue weighted by Crippen LogP contribution is 2.24. The van der Waals surface area contributed by atoms with Gasteiger partial charge in [0.2, 0.25) is 11.8 Å². The highest BCUT2D eigenvalue weighted by molar-refractivity contribution is 6.20. The number of rotatable bonds is 7. The molecule has 0 bridgehead atoms. The fourth-order valence-corrected chi connectivity index (χ4v) is 3.18. The molecule has 2 aromatic carbocycles. The van der Waals surface area contributed by atoms with E-state index in [1.165, 1.54) is 17.7 Å². The lowest BCUT2D eigenvalue weighted by Crippen LogP contribution is -2.28. The van der Waals surface area contributed by atoms with E-state index in [4.69, 9.17) is 4.74 Å². The Morgan fingerprint density at radius 3 is 2.37 bits per heavy atom. The topological polar surface area (TPSA) is 92.8 Å². The minimum atomic E-state index is -0.710. The molecule has 3 rings (SSSR count). The van der Waals surface area contributed by atoms with Gasteiger partial charge < -0.3 is 10.1 Å². The summed E-state index contributed by atoms with van der Waals surface area (Å²) in [4.78, 5) is 49.2. The molecule has 0 unspecified atom stereocenters. The summed E-state index contributed by atoms with van der Waals surface area (Å²) in [5, 5.41) is 2.69. The molecule has 1 saturated heterocycles. The van der Waals surface area contributed by atoms with Crippen LogP contribution in [0.2, 0.25) is 0 Å². The Hall–Kier alpha value is -3.48. The van der Waals surface area contributed by atoms with Crippen molar-refractivity contribution in [2.24, 2.45) is 0 Å². The molecular weight excluding hydrogens is 384 g/mol. The van der Waals surface area contributed by atoms with E-state index in [-0.39, 0.29) is 30.2 Å². The van der Waals surface area contributed by atoms with Crippen LogP contribution in [0.1, 0.15) is 54.9 Å². The lowest BCUT2D eigenvalue weighted by atomic mass is 9.99. The molecule has 30 heavy (non-hydrogen) atoms. The molecule has 7 nitrogen and oxygen atoms in total. The van der Waals surface area contributed by atoms with Crippen LogP contribution in [-0.4, -0.2) is 30.3 Å². The average Bonchev–Trinajstić information content (AvgIpc) is 3.10. The van der Waals surface area contributed by atoms with Crippen molar-refractivity contribution >= 4 is 35.1 Å². The quantitative estimate of drug-likeness (QED) is 0.558. The second-order valence-corrected chi connectivity index (χ2v) is 7.23. The van der Waals surface area contributed by atoms with Crippen molar-refractivity contribution in [3.05, 3.63) is 59.7 Å². The maximum absolute atomic E-state index is 12.3. The lowest BCUT2D eigenvalue weighted by Gasteiger charge is -2.14. The Kier molecular flexibility index (Phi) is 6.61. The van der Waals surface area contributed by atoms with Crippen molar-refractivity contribution in [2.75, 3.05) is 16.8 Å². The number of benzene rings is 2. The molecule has 2 aromatic rings. The maximum atomic E-state index is 12.3. The molecule has 1 aliphatic heterocycles. The van der Waals surface area contributed by atoms with Crippen molar-refractivity contribution in [2.45, 2.75) is 39.0 Å². The zero-order valence-corrected chi connectivity index (χ0v) is 17.0. The van der Waals surface area contributed by atoms with E-state index in [1.807, 2.05) is 24.3 Å². The smallest absolute Gasteiger partial charge is 0.338 e. The summed E-state index contributed by atoms with van der Waals surface area (Å²) in [7, 11) is 0. The maximum Gasteiger partial charge on any atom is 0.338 e. The van der Waals surface area contributed by atoms with Gasteiger partial charge in [0.25, 0.3) is 5.91 Å². The number of carbonyl (C=O) groups excluding carboxylic acids is 4. The molecule has 1 N–H and O–H groups in total. The van der Waals surface area contributed by atoms with Gasteiger partial charge in [-0.1, -0.05) is 32.0 Å².